The van der Waals surface area contributed by atoms with E-state index in [0.29, 0.717) is 18.8 Å². The van der Waals surface area contributed by atoms with Crippen LogP contribution in [0.1, 0.15) is 65.7 Å². The summed E-state index contributed by atoms with van der Waals surface area (Å²) in [6, 6.07) is 0. The van der Waals surface area contributed by atoms with Crippen LogP contribution in [-0.4, -0.2) is 38.9 Å². The molecular formula is C25H36O4. The molecule has 0 heterocycles. The standard InChI is InChI=1S/C25H36O4/c1-4-5-23(28)25(3,29)22-9-8-20-19-14-21(27)16-12-15(6-7-17(26)13-16)18(19)10-11-24(20,22)2/h4-6,14,16-18,20,22-23,26,28-29H,7-13H2,1-3H3/b5-4+/t16-,17+,18+,20-,22-,23-,24-,25+/m0/s1. The molecule has 4 rings (SSSR count). The Morgan fingerprint density at radius 2 is 2.07 bits per heavy atom. The first-order valence-electron chi connectivity index (χ1n) is 11.3. The summed E-state index contributed by atoms with van der Waals surface area (Å²) < 4.78 is 0. The highest BCUT2D eigenvalue weighted by Gasteiger charge is 2.58. The molecule has 0 amide bonds. The number of aliphatic hydroxyl groups excluding tert-OH is 2. The van der Waals surface area contributed by atoms with Crippen molar-refractivity contribution in [3.63, 3.8) is 0 Å². The van der Waals surface area contributed by atoms with Gasteiger partial charge in [-0.3, -0.25) is 4.79 Å². The van der Waals surface area contributed by atoms with Gasteiger partial charge in [-0.25, -0.2) is 0 Å². The van der Waals surface area contributed by atoms with Crippen molar-refractivity contribution < 1.29 is 20.1 Å². The molecule has 0 unspecified atom stereocenters. The van der Waals surface area contributed by atoms with E-state index >= 15 is 0 Å². The van der Waals surface area contributed by atoms with Gasteiger partial charge >= 0.3 is 0 Å². The van der Waals surface area contributed by atoms with Crippen molar-refractivity contribution in [3.8, 4) is 0 Å². The summed E-state index contributed by atoms with van der Waals surface area (Å²) in [6.07, 6.45) is 12.1. The Hall–Kier alpha value is -1.23. The zero-order valence-electron chi connectivity index (χ0n) is 18.0. The molecule has 4 heteroatoms. The highest BCUT2D eigenvalue weighted by Crippen LogP contribution is 2.63. The molecule has 0 spiro atoms. The van der Waals surface area contributed by atoms with E-state index in [-0.39, 0.29) is 29.0 Å². The smallest absolute Gasteiger partial charge is 0.159 e. The lowest BCUT2D eigenvalue weighted by atomic mass is 9.56. The van der Waals surface area contributed by atoms with Gasteiger partial charge in [0.05, 0.1) is 11.7 Å². The SMILES string of the molecule is C/C=C/[C@H](O)[C@](C)(O)[C@H]1CC[C@H]2C3=CC(=O)[C@H]4CC(=CC[C@@H](O)C4)[C@H]3CC[C@]12C. The number of aliphatic hydroxyl groups is 3. The molecule has 0 aromatic heterocycles. The highest BCUT2D eigenvalue weighted by molar-refractivity contribution is 5.93. The molecule has 8 atom stereocenters. The first-order valence-corrected chi connectivity index (χ1v) is 11.3. The van der Waals surface area contributed by atoms with E-state index in [0.717, 1.165) is 32.1 Å². The lowest BCUT2D eigenvalue weighted by Crippen LogP contribution is -2.52. The van der Waals surface area contributed by atoms with E-state index in [1.807, 2.05) is 13.0 Å². The third-order valence-electron chi connectivity index (χ3n) is 8.64. The topological polar surface area (TPSA) is 77.8 Å². The van der Waals surface area contributed by atoms with E-state index in [1.54, 1.807) is 19.1 Å². The second kappa shape index (κ2) is 7.47. The Bertz CT molecular complexity index is 761. The molecule has 4 nitrogen and oxygen atoms in total. The molecule has 2 saturated carbocycles. The van der Waals surface area contributed by atoms with Crippen LogP contribution in [0.2, 0.25) is 0 Å². The Morgan fingerprint density at radius 1 is 1.31 bits per heavy atom. The monoisotopic (exact) mass is 400 g/mol. The third kappa shape index (κ3) is 3.37. The number of carbonyl (C=O) groups is 1. The predicted molar refractivity (Wildman–Crippen MR) is 113 cm³/mol. The van der Waals surface area contributed by atoms with Crippen molar-refractivity contribution in [2.75, 3.05) is 0 Å². The molecule has 2 bridgehead atoms. The summed E-state index contributed by atoms with van der Waals surface area (Å²) in [6.45, 7) is 5.89. The molecule has 0 radical (unpaired) electrons. The minimum absolute atomic E-state index is 0.00985. The van der Waals surface area contributed by atoms with E-state index in [1.165, 1.54) is 11.1 Å². The number of allylic oxidation sites excluding steroid dienone is 4. The Morgan fingerprint density at radius 3 is 2.79 bits per heavy atom. The summed E-state index contributed by atoms with van der Waals surface area (Å²) in [5, 5.41) is 32.1. The largest absolute Gasteiger partial charge is 0.393 e. The van der Waals surface area contributed by atoms with Gasteiger partial charge in [0.1, 0.15) is 6.10 Å². The van der Waals surface area contributed by atoms with E-state index in [4.69, 9.17) is 0 Å². The second-order valence-electron chi connectivity index (χ2n) is 10.3. The normalized spacial score (nSPS) is 42.8. The average molecular weight is 401 g/mol. The van der Waals surface area contributed by atoms with Crippen LogP contribution in [0.15, 0.2) is 35.5 Å². The van der Waals surface area contributed by atoms with Crippen molar-refractivity contribution in [1.29, 1.82) is 0 Å². The Labute approximate surface area is 174 Å². The van der Waals surface area contributed by atoms with Gasteiger partial charge in [0, 0.05) is 11.8 Å². The first kappa shape index (κ1) is 21.0. The van der Waals surface area contributed by atoms with Gasteiger partial charge < -0.3 is 15.3 Å². The summed E-state index contributed by atoms with van der Waals surface area (Å²) in [5.74, 6) is 0.634. The van der Waals surface area contributed by atoms with Gasteiger partial charge in [-0.05, 0) is 82.1 Å². The van der Waals surface area contributed by atoms with Gasteiger partial charge in [-0.2, -0.15) is 0 Å². The number of fused-ring (bicyclic) bond motifs is 6. The quantitative estimate of drug-likeness (QED) is 0.631. The number of ketones is 1. The van der Waals surface area contributed by atoms with Crippen molar-refractivity contribution in [3.05, 3.63) is 35.5 Å². The minimum atomic E-state index is -1.19. The van der Waals surface area contributed by atoms with Gasteiger partial charge in [-0.1, -0.05) is 36.3 Å². The van der Waals surface area contributed by atoms with Crippen molar-refractivity contribution in [1.82, 2.24) is 0 Å². The number of hydrogen-bond donors (Lipinski definition) is 3. The lowest BCUT2D eigenvalue weighted by Gasteiger charge is -2.50. The molecule has 0 aromatic rings. The number of rotatable bonds is 3. The van der Waals surface area contributed by atoms with E-state index in [9.17, 15) is 20.1 Å². The fourth-order valence-electron chi connectivity index (χ4n) is 7.09. The van der Waals surface area contributed by atoms with Crippen LogP contribution in [0.4, 0.5) is 0 Å². The van der Waals surface area contributed by atoms with Gasteiger partial charge in [-0.15, -0.1) is 0 Å². The lowest BCUT2D eigenvalue weighted by molar-refractivity contribution is -0.119. The van der Waals surface area contributed by atoms with Crippen LogP contribution in [0.3, 0.4) is 0 Å². The van der Waals surface area contributed by atoms with Crippen LogP contribution in [0.25, 0.3) is 0 Å². The van der Waals surface area contributed by atoms with Gasteiger partial charge in [0.15, 0.2) is 5.78 Å². The second-order valence-corrected chi connectivity index (χ2v) is 10.3. The predicted octanol–water partition coefficient (Wildman–Crippen LogP) is 3.71. The van der Waals surface area contributed by atoms with Gasteiger partial charge in [0.25, 0.3) is 0 Å². The number of hydrogen-bond acceptors (Lipinski definition) is 4. The fourth-order valence-corrected chi connectivity index (χ4v) is 7.09. The van der Waals surface area contributed by atoms with Crippen LogP contribution in [0, 0.1) is 29.1 Å². The molecule has 4 aliphatic carbocycles. The molecule has 4 aliphatic rings. The van der Waals surface area contributed by atoms with E-state index in [2.05, 4.69) is 13.0 Å². The molecule has 29 heavy (non-hydrogen) atoms. The molecule has 0 aromatic carbocycles. The molecule has 160 valence electrons. The Balaban J connectivity index is 1.69. The number of carbonyl (C=O) groups excluding carboxylic acids is 1. The highest BCUT2D eigenvalue weighted by atomic mass is 16.3. The van der Waals surface area contributed by atoms with E-state index < -0.39 is 17.8 Å². The van der Waals surface area contributed by atoms with Crippen LogP contribution in [0.5, 0.6) is 0 Å². The molecular weight excluding hydrogens is 364 g/mol. The minimum Gasteiger partial charge on any atom is -0.393 e. The fraction of sp³-hybridized carbons (Fsp3) is 0.720. The zero-order valence-corrected chi connectivity index (χ0v) is 18.0. The zero-order chi connectivity index (χ0) is 21.0. The van der Waals surface area contributed by atoms with Crippen LogP contribution in [-0.2, 0) is 4.79 Å². The molecule has 2 fully saturated rings. The maximum Gasteiger partial charge on any atom is 0.159 e. The molecule has 0 saturated heterocycles. The summed E-state index contributed by atoms with van der Waals surface area (Å²) >= 11 is 0. The van der Waals surface area contributed by atoms with Crippen molar-refractivity contribution in [2.24, 2.45) is 29.1 Å². The summed E-state index contributed by atoms with van der Waals surface area (Å²) in [7, 11) is 0. The maximum absolute atomic E-state index is 13.0. The van der Waals surface area contributed by atoms with Crippen LogP contribution < -0.4 is 0 Å². The average Bonchev–Trinajstić information content (AvgIpc) is 2.82. The molecule has 0 aliphatic heterocycles. The van der Waals surface area contributed by atoms with Crippen LogP contribution >= 0.6 is 0 Å². The van der Waals surface area contributed by atoms with Crippen molar-refractivity contribution in [2.45, 2.75) is 83.5 Å². The maximum atomic E-state index is 13.0. The third-order valence-corrected chi connectivity index (χ3v) is 8.64. The molecule has 3 N–H and O–H groups in total. The Kier molecular flexibility index (Phi) is 5.42. The summed E-state index contributed by atoms with van der Waals surface area (Å²) in [4.78, 5) is 13.0. The summed E-state index contributed by atoms with van der Waals surface area (Å²) in [5.41, 5.74) is 1.29. The van der Waals surface area contributed by atoms with Gasteiger partial charge in [0.2, 0.25) is 0 Å². The van der Waals surface area contributed by atoms with Crippen molar-refractivity contribution >= 4 is 5.78 Å². The first-order chi connectivity index (χ1) is 13.7.